The number of anilines is 2. The molecule has 1 N–H and O–H groups in total. The number of hydrogen-bond donors (Lipinski definition) is 1. The molecule has 2 heterocycles. The van der Waals surface area contributed by atoms with Crippen molar-refractivity contribution in [3.63, 3.8) is 0 Å². The lowest BCUT2D eigenvalue weighted by Crippen LogP contribution is -2.43. The maximum absolute atomic E-state index is 13.4. The summed E-state index contributed by atoms with van der Waals surface area (Å²) in [6, 6.07) is 6.39. The first kappa shape index (κ1) is 18.9. The molecule has 2 aliphatic heterocycles. The van der Waals surface area contributed by atoms with Crippen molar-refractivity contribution < 1.29 is 23.2 Å². The van der Waals surface area contributed by atoms with Crippen LogP contribution in [0.5, 0.6) is 0 Å². The monoisotopic (exact) mass is 419 g/mol. The first-order chi connectivity index (χ1) is 13.8. The van der Waals surface area contributed by atoms with Gasteiger partial charge in [-0.1, -0.05) is 16.8 Å². The number of carbonyl (C=O) groups excluding carboxylic acids is 3. The second kappa shape index (κ2) is 7.21. The first-order valence-corrected chi connectivity index (χ1v) is 8.78. The molecule has 0 bridgehead atoms. The van der Waals surface area contributed by atoms with Gasteiger partial charge in [-0.25, -0.2) is 13.7 Å². The van der Waals surface area contributed by atoms with E-state index in [1.165, 1.54) is 30.3 Å². The van der Waals surface area contributed by atoms with Crippen LogP contribution in [-0.4, -0.2) is 41.4 Å². The Hall–Kier alpha value is -3.40. The second-order valence-corrected chi connectivity index (χ2v) is 6.76. The van der Waals surface area contributed by atoms with Gasteiger partial charge >= 0.3 is 0 Å². The van der Waals surface area contributed by atoms with Crippen LogP contribution in [0.25, 0.3) is 0 Å². The Morgan fingerprint density at radius 3 is 2.52 bits per heavy atom. The Kier molecular flexibility index (Phi) is 4.71. The summed E-state index contributed by atoms with van der Waals surface area (Å²) in [7, 11) is 0. The summed E-state index contributed by atoms with van der Waals surface area (Å²) in [4.78, 5) is 38.5. The van der Waals surface area contributed by atoms with Gasteiger partial charge in [0.05, 0.1) is 10.7 Å². The van der Waals surface area contributed by atoms with Gasteiger partial charge in [0.2, 0.25) is 5.91 Å². The highest BCUT2D eigenvalue weighted by Gasteiger charge is 2.55. The van der Waals surface area contributed by atoms with E-state index in [1.807, 2.05) is 0 Å². The molecule has 2 aliphatic rings. The third kappa shape index (κ3) is 3.42. The number of carbonyl (C=O) groups is 3. The zero-order chi connectivity index (χ0) is 20.7. The molecule has 4 rings (SSSR count). The van der Waals surface area contributed by atoms with Crippen molar-refractivity contribution in [1.29, 1.82) is 0 Å². The summed E-state index contributed by atoms with van der Waals surface area (Å²) in [5, 5.41) is 11.0. The third-order valence-electron chi connectivity index (χ3n) is 4.45. The van der Waals surface area contributed by atoms with Crippen molar-refractivity contribution in [3.05, 3.63) is 59.1 Å². The predicted octanol–water partition coefficient (Wildman–Crippen LogP) is 2.55. The fourth-order valence-corrected chi connectivity index (χ4v) is 3.29. The number of rotatable bonds is 4. The molecule has 1 saturated heterocycles. The average molecular weight is 420 g/mol. The zero-order valence-corrected chi connectivity index (χ0v) is 15.3. The number of nitrogens with zero attached hydrogens (tertiary/aromatic N) is 4. The molecule has 0 radical (unpaired) electrons. The summed E-state index contributed by atoms with van der Waals surface area (Å²) < 4.78 is 26.3. The fourth-order valence-electron chi connectivity index (χ4n) is 3.11. The average Bonchev–Trinajstić information content (AvgIpc) is 3.20. The molecule has 0 aromatic heterocycles. The van der Waals surface area contributed by atoms with E-state index in [9.17, 15) is 23.2 Å². The van der Waals surface area contributed by atoms with Gasteiger partial charge in [0.1, 0.15) is 18.2 Å². The molecule has 148 valence electrons. The Labute approximate surface area is 167 Å². The molecule has 1 fully saturated rings. The Morgan fingerprint density at radius 1 is 1.10 bits per heavy atom. The van der Waals surface area contributed by atoms with E-state index in [0.717, 1.165) is 22.0 Å². The van der Waals surface area contributed by atoms with Crippen molar-refractivity contribution in [2.45, 2.75) is 12.1 Å². The van der Waals surface area contributed by atoms with Crippen LogP contribution in [-0.2, 0) is 14.4 Å². The molecule has 0 unspecified atom stereocenters. The topological polar surface area (TPSA) is 94.4 Å². The summed E-state index contributed by atoms with van der Waals surface area (Å²) in [6.45, 7) is -0.348. The summed E-state index contributed by atoms with van der Waals surface area (Å²) in [5.41, 5.74) is 0.465. The lowest BCUT2D eigenvalue weighted by atomic mass is 10.1. The number of nitrogens with one attached hydrogen (secondary N) is 1. The molecule has 0 saturated carbocycles. The van der Waals surface area contributed by atoms with E-state index < -0.39 is 41.4 Å². The molecular formula is C18H12ClF2N5O3. The SMILES string of the molecule is O=C(CN1N=N[C@H]2C(=O)N(c3ccc(F)c(Cl)c3)C(=O)[C@@H]21)Nc1ccc(F)cc1. The highest BCUT2D eigenvalue weighted by molar-refractivity contribution is 6.32. The van der Waals surface area contributed by atoms with Crippen LogP contribution < -0.4 is 10.2 Å². The summed E-state index contributed by atoms with van der Waals surface area (Å²) >= 11 is 5.74. The number of amides is 3. The van der Waals surface area contributed by atoms with Gasteiger partial charge in [0.15, 0.2) is 12.1 Å². The van der Waals surface area contributed by atoms with E-state index in [0.29, 0.717) is 5.69 Å². The van der Waals surface area contributed by atoms with Gasteiger partial charge < -0.3 is 5.32 Å². The van der Waals surface area contributed by atoms with E-state index in [4.69, 9.17) is 11.6 Å². The molecule has 0 spiro atoms. The van der Waals surface area contributed by atoms with Crippen molar-refractivity contribution >= 4 is 40.7 Å². The molecule has 11 heteroatoms. The third-order valence-corrected chi connectivity index (χ3v) is 4.74. The highest BCUT2D eigenvalue weighted by atomic mass is 35.5. The number of fused-ring (bicyclic) bond motifs is 1. The molecule has 2 aromatic carbocycles. The lowest BCUT2D eigenvalue weighted by molar-refractivity contribution is -0.123. The predicted molar refractivity (Wildman–Crippen MR) is 98.1 cm³/mol. The molecule has 2 atom stereocenters. The minimum Gasteiger partial charge on any atom is -0.324 e. The Bertz CT molecular complexity index is 1050. The quantitative estimate of drug-likeness (QED) is 0.770. The van der Waals surface area contributed by atoms with Gasteiger partial charge in [-0.2, -0.15) is 5.11 Å². The van der Waals surface area contributed by atoms with E-state index in [1.54, 1.807) is 0 Å². The zero-order valence-electron chi connectivity index (χ0n) is 14.6. The van der Waals surface area contributed by atoms with Crippen LogP contribution in [0, 0.1) is 11.6 Å². The van der Waals surface area contributed by atoms with Gasteiger partial charge in [0.25, 0.3) is 11.8 Å². The molecule has 29 heavy (non-hydrogen) atoms. The number of imide groups is 1. The summed E-state index contributed by atoms with van der Waals surface area (Å²) in [6.07, 6.45) is 0. The van der Waals surface area contributed by atoms with Crippen molar-refractivity contribution in [2.75, 3.05) is 16.8 Å². The van der Waals surface area contributed by atoms with Crippen LogP contribution in [0.4, 0.5) is 20.2 Å². The van der Waals surface area contributed by atoms with E-state index in [-0.39, 0.29) is 17.3 Å². The van der Waals surface area contributed by atoms with E-state index >= 15 is 0 Å². The molecule has 8 nitrogen and oxygen atoms in total. The van der Waals surface area contributed by atoms with Crippen LogP contribution >= 0.6 is 11.6 Å². The van der Waals surface area contributed by atoms with Crippen molar-refractivity contribution in [1.82, 2.24) is 5.01 Å². The Balaban J connectivity index is 1.49. The molecule has 2 aromatic rings. The number of hydrogen-bond acceptors (Lipinski definition) is 6. The van der Waals surface area contributed by atoms with Gasteiger partial charge in [-0.3, -0.25) is 19.4 Å². The van der Waals surface area contributed by atoms with Gasteiger partial charge in [-0.05, 0) is 42.5 Å². The maximum atomic E-state index is 13.4. The number of halogens is 3. The first-order valence-electron chi connectivity index (χ1n) is 8.41. The molecule has 3 amide bonds. The lowest BCUT2D eigenvalue weighted by Gasteiger charge is -2.20. The fraction of sp³-hybridized carbons (Fsp3) is 0.167. The highest BCUT2D eigenvalue weighted by Crippen LogP contribution is 2.33. The van der Waals surface area contributed by atoms with Crippen LogP contribution in [0.2, 0.25) is 5.02 Å². The molecule has 0 aliphatic carbocycles. The smallest absolute Gasteiger partial charge is 0.263 e. The standard InChI is InChI=1S/C18H12ClF2N5O3/c19-12-7-11(5-6-13(12)21)26-17(28)15-16(18(26)29)25(24-23-15)8-14(27)22-10-3-1-9(20)2-4-10/h1-7,15-16H,8H2,(H,22,27)/t15-,16-/m1/s1. The van der Waals surface area contributed by atoms with Crippen LogP contribution in [0.1, 0.15) is 0 Å². The Morgan fingerprint density at radius 2 is 1.83 bits per heavy atom. The maximum Gasteiger partial charge on any atom is 0.263 e. The number of benzene rings is 2. The minimum absolute atomic E-state index is 0.103. The van der Waals surface area contributed by atoms with Crippen molar-refractivity contribution in [2.24, 2.45) is 10.3 Å². The molecular weight excluding hydrogens is 408 g/mol. The summed E-state index contributed by atoms with van der Waals surface area (Å²) in [5.74, 6) is -2.96. The van der Waals surface area contributed by atoms with E-state index in [2.05, 4.69) is 15.7 Å². The van der Waals surface area contributed by atoms with Gasteiger partial charge in [-0.15, -0.1) is 0 Å². The minimum atomic E-state index is -1.11. The van der Waals surface area contributed by atoms with Gasteiger partial charge in [0, 0.05) is 5.69 Å². The normalized spacial score (nSPS) is 20.4. The van der Waals surface area contributed by atoms with Crippen LogP contribution in [0.15, 0.2) is 52.8 Å². The second-order valence-electron chi connectivity index (χ2n) is 6.36. The van der Waals surface area contributed by atoms with Crippen LogP contribution in [0.3, 0.4) is 0 Å². The van der Waals surface area contributed by atoms with Crippen molar-refractivity contribution in [3.8, 4) is 0 Å². The largest absolute Gasteiger partial charge is 0.324 e.